The fourth-order valence-corrected chi connectivity index (χ4v) is 2.73. The number of anilines is 1. The van der Waals surface area contributed by atoms with Crippen LogP contribution in [0.3, 0.4) is 0 Å². The monoisotopic (exact) mass is 315 g/mol. The van der Waals surface area contributed by atoms with Crippen molar-refractivity contribution in [2.75, 3.05) is 31.6 Å². The molecule has 6 nitrogen and oxygen atoms in total. The van der Waals surface area contributed by atoms with Crippen LogP contribution >= 0.6 is 0 Å². The topological polar surface area (TPSA) is 80.3 Å². The van der Waals surface area contributed by atoms with E-state index >= 15 is 0 Å². The lowest BCUT2D eigenvalue weighted by Crippen LogP contribution is -2.25. The van der Waals surface area contributed by atoms with Gasteiger partial charge in [-0.1, -0.05) is 13.8 Å². The zero-order chi connectivity index (χ0) is 15.6. The molecule has 1 aromatic rings. The van der Waals surface area contributed by atoms with Crippen molar-refractivity contribution in [1.82, 2.24) is 9.71 Å². The van der Waals surface area contributed by atoms with Gasteiger partial charge >= 0.3 is 0 Å². The number of nitrogens with one attached hydrogen (secondary N) is 2. The minimum atomic E-state index is -3.49. The average Bonchev–Trinajstić information content (AvgIpc) is 2.49. The summed E-state index contributed by atoms with van der Waals surface area (Å²) in [5.74, 6) is 0.575. The van der Waals surface area contributed by atoms with Crippen LogP contribution in [0.2, 0.25) is 0 Å². The Bertz CT molecular complexity index is 506. The number of hydrogen-bond donors (Lipinski definition) is 2. The summed E-state index contributed by atoms with van der Waals surface area (Å²) >= 11 is 0. The van der Waals surface area contributed by atoms with Gasteiger partial charge in [0.05, 0.1) is 4.90 Å². The van der Waals surface area contributed by atoms with Crippen LogP contribution in [-0.2, 0) is 14.8 Å². The van der Waals surface area contributed by atoms with Crippen molar-refractivity contribution < 1.29 is 13.2 Å². The number of ether oxygens (including phenoxy) is 1. The smallest absolute Gasteiger partial charge is 0.240 e. The van der Waals surface area contributed by atoms with E-state index in [1.165, 1.54) is 12.3 Å². The molecule has 0 fully saturated rings. The first-order valence-corrected chi connectivity index (χ1v) is 8.85. The Morgan fingerprint density at radius 3 is 2.71 bits per heavy atom. The summed E-state index contributed by atoms with van der Waals surface area (Å²) < 4.78 is 32.2. The molecule has 0 aliphatic carbocycles. The maximum absolute atomic E-state index is 12.1. The first-order valence-electron chi connectivity index (χ1n) is 7.37. The quantitative estimate of drug-likeness (QED) is 0.611. The summed E-state index contributed by atoms with van der Waals surface area (Å²) in [7, 11) is -3.49. The van der Waals surface area contributed by atoms with Gasteiger partial charge in [-0.05, 0) is 25.3 Å². The van der Waals surface area contributed by atoms with Gasteiger partial charge in [0.1, 0.15) is 5.82 Å². The van der Waals surface area contributed by atoms with Crippen LogP contribution in [0.5, 0.6) is 0 Å². The molecule has 1 aromatic heterocycles. The molecule has 0 aliphatic rings. The maximum atomic E-state index is 12.1. The number of nitrogens with zero attached hydrogens (tertiary/aromatic N) is 1. The first kappa shape index (κ1) is 17.9. The van der Waals surface area contributed by atoms with Crippen molar-refractivity contribution in [3.8, 4) is 0 Å². The molecule has 1 rings (SSSR count). The third-order valence-electron chi connectivity index (χ3n) is 2.70. The molecule has 7 heteroatoms. The van der Waals surface area contributed by atoms with Crippen molar-refractivity contribution >= 4 is 15.8 Å². The van der Waals surface area contributed by atoms with E-state index < -0.39 is 10.0 Å². The van der Waals surface area contributed by atoms with Gasteiger partial charge in [0, 0.05) is 38.6 Å². The molecule has 0 atom stereocenters. The highest BCUT2D eigenvalue weighted by atomic mass is 32.2. The number of sulfonamides is 1. The summed E-state index contributed by atoms with van der Waals surface area (Å²) in [6, 6.07) is 3.04. The van der Waals surface area contributed by atoms with Gasteiger partial charge in [0.25, 0.3) is 0 Å². The van der Waals surface area contributed by atoms with E-state index in [1.54, 1.807) is 6.07 Å². The van der Waals surface area contributed by atoms with Crippen LogP contribution in [0.1, 0.15) is 33.1 Å². The zero-order valence-electron chi connectivity index (χ0n) is 12.8. The van der Waals surface area contributed by atoms with E-state index in [0.717, 1.165) is 19.4 Å². The molecule has 0 unspecified atom stereocenters. The van der Waals surface area contributed by atoms with Gasteiger partial charge in [-0.15, -0.1) is 0 Å². The molecule has 0 aliphatic heterocycles. The SMILES string of the molecule is CCCNc1cc(S(=O)(=O)NCCCOCCC)ccn1. The Morgan fingerprint density at radius 2 is 2.00 bits per heavy atom. The molecule has 0 aromatic carbocycles. The lowest BCUT2D eigenvalue weighted by atomic mass is 10.4. The second-order valence-electron chi connectivity index (χ2n) is 4.67. The number of pyridine rings is 1. The van der Waals surface area contributed by atoms with Gasteiger partial charge in [-0.3, -0.25) is 0 Å². The van der Waals surface area contributed by atoms with E-state index in [2.05, 4.69) is 15.0 Å². The summed E-state index contributed by atoms with van der Waals surface area (Å²) in [5.41, 5.74) is 0. The highest BCUT2D eigenvalue weighted by Crippen LogP contribution is 2.12. The number of rotatable bonds is 11. The van der Waals surface area contributed by atoms with Crippen LogP contribution in [0, 0.1) is 0 Å². The Morgan fingerprint density at radius 1 is 1.19 bits per heavy atom. The molecular weight excluding hydrogens is 290 g/mol. The average molecular weight is 315 g/mol. The Labute approximate surface area is 127 Å². The van der Waals surface area contributed by atoms with Crippen molar-refractivity contribution in [2.24, 2.45) is 0 Å². The molecule has 0 bridgehead atoms. The molecule has 120 valence electrons. The minimum absolute atomic E-state index is 0.227. The molecule has 0 spiro atoms. The molecule has 1 heterocycles. The van der Waals surface area contributed by atoms with Crippen molar-refractivity contribution in [3.05, 3.63) is 18.3 Å². The summed E-state index contributed by atoms with van der Waals surface area (Å²) in [5, 5.41) is 3.07. The summed E-state index contributed by atoms with van der Waals surface area (Å²) in [6.07, 6.45) is 4.08. The molecule has 0 saturated carbocycles. The predicted molar refractivity (Wildman–Crippen MR) is 83.9 cm³/mol. The number of aromatic nitrogens is 1. The first-order chi connectivity index (χ1) is 10.1. The third kappa shape index (κ3) is 6.88. The van der Waals surface area contributed by atoms with E-state index in [4.69, 9.17) is 4.74 Å². The molecule has 2 N–H and O–H groups in total. The van der Waals surface area contributed by atoms with Crippen LogP contribution in [0.25, 0.3) is 0 Å². The highest BCUT2D eigenvalue weighted by molar-refractivity contribution is 7.89. The van der Waals surface area contributed by atoms with Gasteiger partial charge in [-0.2, -0.15) is 0 Å². The zero-order valence-corrected chi connectivity index (χ0v) is 13.6. The van der Waals surface area contributed by atoms with E-state index in [9.17, 15) is 8.42 Å². The van der Waals surface area contributed by atoms with Gasteiger partial charge in [0.2, 0.25) is 10.0 Å². The Balaban J connectivity index is 2.49. The maximum Gasteiger partial charge on any atom is 0.240 e. The standard InChI is InChI=1S/C14H25N3O3S/c1-3-7-15-14-12-13(6-9-16-14)21(18,19)17-8-5-11-20-10-4-2/h6,9,12,17H,3-5,7-8,10-11H2,1-2H3,(H,15,16). The molecule has 0 radical (unpaired) electrons. The van der Waals surface area contributed by atoms with Crippen LogP contribution < -0.4 is 10.0 Å². The summed E-state index contributed by atoms with van der Waals surface area (Å²) in [6.45, 7) is 6.48. The molecule has 0 saturated heterocycles. The van der Waals surface area contributed by atoms with E-state index in [1.807, 2.05) is 13.8 Å². The molecular formula is C14H25N3O3S. The lowest BCUT2D eigenvalue weighted by Gasteiger charge is -2.09. The molecule has 21 heavy (non-hydrogen) atoms. The van der Waals surface area contributed by atoms with Crippen LogP contribution in [-0.4, -0.2) is 39.7 Å². The van der Waals surface area contributed by atoms with E-state index in [0.29, 0.717) is 32.0 Å². The summed E-state index contributed by atoms with van der Waals surface area (Å²) in [4.78, 5) is 4.32. The normalized spacial score (nSPS) is 11.5. The second kappa shape index (κ2) is 9.70. The van der Waals surface area contributed by atoms with Crippen molar-refractivity contribution in [3.63, 3.8) is 0 Å². The minimum Gasteiger partial charge on any atom is -0.381 e. The second-order valence-corrected chi connectivity index (χ2v) is 6.43. The van der Waals surface area contributed by atoms with Crippen molar-refractivity contribution in [2.45, 2.75) is 38.0 Å². The third-order valence-corrected chi connectivity index (χ3v) is 4.16. The van der Waals surface area contributed by atoms with Crippen LogP contribution in [0.4, 0.5) is 5.82 Å². The largest absolute Gasteiger partial charge is 0.381 e. The Hall–Kier alpha value is -1.18. The van der Waals surface area contributed by atoms with Gasteiger partial charge < -0.3 is 10.1 Å². The van der Waals surface area contributed by atoms with Gasteiger partial charge in [0.15, 0.2) is 0 Å². The molecule has 0 amide bonds. The van der Waals surface area contributed by atoms with E-state index in [-0.39, 0.29) is 4.90 Å². The predicted octanol–water partition coefficient (Wildman–Crippen LogP) is 2.00. The van der Waals surface area contributed by atoms with Crippen molar-refractivity contribution in [1.29, 1.82) is 0 Å². The van der Waals surface area contributed by atoms with Crippen LogP contribution in [0.15, 0.2) is 23.2 Å². The Kier molecular flexibility index (Phi) is 8.26. The highest BCUT2D eigenvalue weighted by Gasteiger charge is 2.13. The number of hydrogen-bond acceptors (Lipinski definition) is 5. The lowest BCUT2D eigenvalue weighted by molar-refractivity contribution is 0.133. The fraction of sp³-hybridized carbons (Fsp3) is 0.643. The fourth-order valence-electron chi connectivity index (χ4n) is 1.64. The van der Waals surface area contributed by atoms with Gasteiger partial charge in [-0.25, -0.2) is 18.1 Å².